The van der Waals surface area contributed by atoms with Crippen LogP contribution in [0.1, 0.15) is 0 Å². The molecule has 0 bridgehead atoms. The van der Waals surface area contributed by atoms with Crippen molar-refractivity contribution in [2.75, 3.05) is 4.72 Å². The van der Waals surface area contributed by atoms with Gasteiger partial charge in [0.25, 0.3) is 10.0 Å². The van der Waals surface area contributed by atoms with E-state index in [0.717, 1.165) is 6.07 Å². The molecule has 1 N–H and O–H groups in total. The summed E-state index contributed by atoms with van der Waals surface area (Å²) in [6, 6.07) is 9.22. The summed E-state index contributed by atoms with van der Waals surface area (Å²) in [5, 5.41) is 0.601. The zero-order valence-electron chi connectivity index (χ0n) is 9.40. The molecule has 0 radical (unpaired) electrons. The second kappa shape index (κ2) is 5.36. The number of hydrogen-bond donors (Lipinski definition) is 1. The highest BCUT2D eigenvalue weighted by atomic mass is 35.5. The number of hydrogen-bond acceptors (Lipinski definition) is 2. The van der Waals surface area contributed by atoms with E-state index in [1.54, 1.807) is 0 Å². The molecule has 0 aromatic heterocycles. The Morgan fingerprint density at radius 3 is 2.11 bits per heavy atom. The minimum Gasteiger partial charge on any atom is -0.277 e. The van der Waals surface area contributed by atoms with Crippen molar-refractivity contribution in [3.05, 3.63) is 58.3 Å². The van der Waals surface area contributed by atoms with Crippen LogP contribution in [0.2, 0.25) is 10.0 Å². The average Bonchev–Trinajstić information content (AvgIpc) is 2.33. The predicted molar refractivity (Wildman–Crippen MR) is 73.7 cm³/mol. The lowest BCUT2D eigenvalue weighted by atomic mass is 10.3. The van der Waals surface area contributed by atoms with Crippen LogP contribution in [0.3, 0.4) is 0 Å². The van der Waals surface area contributed by atoms with Gasteiger partial charge in [-0.1, -0.05) is 23.2 Å². The molecule has 0 atom stereocenters. The van der Waals surface area contributed by atoms with E-state index in [4.69, 9.17) is 23.2 Å². The van der Waals surface area contributed by atoms with Gasteiger partial charge in [0, 0.05) is 10.0 Å². The summed E-state index contributed by atoms with van der Waals surface area (Å²) < 4.78 is 39.7. The fourth-order valence-electron chi connectivity index (χ4n) is 1.39. The number of rotatable bonds is 3. The van der Waals surface area contributed by atoms with Crippen molar-refractivity contribution < 1.29 is 12.8 Å². The summed E-state index contributed by atoms with van der Waals surface area (Å²) in [7, 11) is -3.86. The molecular weight excluding hydrogens is 312 g/mol. The third-order valence-electron chi connectivity index (χ3n) is 2.30. The van der Waals surface area contributed by atoms with Crippen molar-refractivity contribution in [1.82, 2.24) is 0 Å². The van der Waals surface area contributed by atoms with Crippen LogP contribution in [0.25, 0.3) is 0 Å². The van der Waals surface area contributed by atoms with Gasteiger partial charge in [0.15, 0.2) is 0 Å². The lowest BCUT2D eigenvalue weighted by Gasteiger charge is -2.09. The molecule has 0 amide bonds. The summed E-state index contributed by atoms with van der Waals surface area (Å²) >= 11 is 11.3. The Hall–Kier alpha value is -1.30. The molecule has 0 heterocycles. The number of anilines is 1. The summed E-state index contributed by atoms with van der Waals surface area (Å²) in [5.74, 6) is -0.745. The van der Waals surface area contributed by atoms with Gasteiger partial charge in [-0.25, -0.2) is 12.8 Å². The lowest BCUT2D eigenvalue weighted by Crippen LogP contribution is -2.13. The fraction of sp³-hybridized carbons (Fsp3) is 0. The molecule has 0 spiro atoms. The van der Waals surface area contributed by atoms with Gasteiger partial charge in [-0.2, -0.15) is 0 Å². The van der Waals surface area contributed by atoms with Gasteiger partial charge in [0.1, 0.15) is 5.82 Å². The molecule has 0 saturated heterocycles. The molecule has 0 aliphatic carbocycles. The molecule has 2 rings (SSSR count). The number of nitrogens with one attached hydrogen (secondary N) is 1. The number of sulfonamides is 1. The zero-order chi connectivity index (χ0) is 14.0. The fourth-order valence-corrected chi connectivity index (χ4v) is 2.74. The van der Waals surface area contributed by atoms with Crippen LogP contribution in [0, 0.1) is 5.82 Å². The first-order valence-corrected chi connectivity index (χ1v) is 7.36. The van der Waals surface area contributed by atoms with E-state index in [-0.39, 0.29) is 15.6 Å². The second-order valence-corrected chi connectivity index (χ2v) is 6.24. The van der Waals surface area contributed by atoms with Gasteiger partial charge >= 0.3 is 0 Å². The van der Waals surface area contributed by atoms with E-state index in [9.17, 15) is 12.8 Å². The quantitative estimate of drug-likeness (QED) is 0.931. The van der Waals surface area contributed by atoms with Crippen molar-refractivity contribution in [3.8, 4) is 0 Å². The Labute approximate surface area is 120 Å². The minimum atomic E-state index is -3.86. The Morgan fingerprint density at radius 1 is 0.947 bits per heavy atom. The van der Waals surface area contributed by atoms with Crippen molar-refractivity contribution >= 4 is 38.9 Å². The molecule has 0 fully saturated rings. The van der Waals surface area contributed by atoms with Gasteiger partial charge in [-0.15, -0.1) is 0 Å². The van der Waals surface area contributed by atoms with E-state index >= 15 is 0 Å². The van der Waals surface area contributed by atoms with E-state index in [1.807, 2.05) is 0 Å². The highest BCUT2D eigenvalue weighted by Gasteiger charge is 2.16. The molecule has 100 valence electrons. The van der Waals surface area contributed by atoms with E-state index in [0.29, 0.717) is 5.02 Å². The first-order valence-electron chi connectivity index (χ1n) is 5.12. The molecule has 7 heteroatoms. The summed E-state index contributed by atoms with van der Waals surface area (Å²) in [6.45, 7) is 0. The third kappa shape index (κ3) is 3.37. The van der Waals surface area contributed by atoms with Crippen LogP contribution in [0.15, 0.2) is 47.4 Å². The smallest absolute Gasteiger partial charge is 0.261 e. The first-order chi connectivity index (χ1) is 8.88. The van der Waals surface area contributed by atoms with Crippen molar-refractivity contribution in [2.45, 2.75) is 4.90 Å². The maximum Gasteiger partial charge on any atom is 0.261 e. The minimum absolute atomic E-state index is 0.00810. The Morgan fingerprint density at radius 2 is 1.53 bits per heavy atom. The normalized spacial score (nSPS) is 11.3. The van der Waals surface area contributed by atoms with Crippen LogP contribution < -0.4 is 4.72 Å². The monoisotopic (exact) mass is 319 g/mol. The Bertz CT molecular complexity index is 702. The van der Waals surface area contributed by atoms with Gasteiger partial charge < -0.3 is 0 Å². The van der Waals surface area contributed by atoms with Crippen molar-refractivity contribution in [2.24, 2.45) is 0 Å². The van der Waals surface area contributed by atoms with Crippen LogP contribution in [-0.2, 0) is 10.0 Å². The van der Waals surface area contributed by atoms with Gasteiger partial charge in [-0.3, -0.25) is 4.72 Å². The Kier molecular flexibility index (Phi) is 3.99. The van der Waals surface area contributed by atoms with Crippen molar-refractivity contribution in [1.29, 1.82) is 0 Å². The molecule has 0 aliphatic heterocycles. The second-order valence-electron chi connectivity index (χ2n) is 3.68. The number of benzene rings is 2. The zero-order valence-corrected chi connectivity index (χ0v) is 11.7. The lowest BCUT2D eigenvalue weighted by molar-refractivity contribution is 0.598. The molecule has 2 aromatic rings. The molecule has 0 aliphatic rings. The topological polar surface area (TPSA) is 46.2 Å². The summed E-state index contributed by atoms with van der Waals surface area (Å²) in [5.41, 5.74) is -0.167. The summed E-state index contributed by atoms with van der Waals surface area (Å²) in [6.07, 6.45) is 0. The standard InChI is InChI=1S/C12H8Cl2FNO2S/c13-8-1-4-10(5-2-8)19(17,18)16-12-6-3-9(14)7-11(12)15/h1-7,16H. The van der Waals surface area contributed by atoms with Crippen LogP contribution >= 0.6 is 23.2 Å². The predicted octanol–water partition coefficient (Wildman–Crippen LogP) is 3.93. The highest BCUT2D eigenvalue weighted by molar-refractivity contribution is 7.92. The molecular formula is C12H8Cl2FNO2S. The first kappa shape index (κ1) is 14.1. The van der Waals surface area contributed by atoms with Gasteiger partial charge in [0.2, 0.25) is 0 Å². The van der Waals surface area contributed by atoms with E-state index in [1.165, 1.54) is 36.4 Å². The van der Waals surface area contributed by atoms with E-state index in [2.05, 4.69) is 4.72 Å². The molecule has 19 heavy (non-hydrogen) atoms. The maximum atomic E-state index is 13.5. The van der Waals surface area contributed by atoms with Crippen LogP contribution in [0.5, 0.6) is 0 Å². The number of halogens is 3. The van der Waals surface area contributed by atoms with Gasteiger partial charge in [-0.05, 0) is 42.5 Å². The average molecular weight is 320 g/mol. The largest absolute Gasteiger partial charge is 0.277 e. The molecule has 0 saturated carbocycles. The van der Waals surface area contributed by atoms with E-state index < -0.39 is 15.8 Å². The molecule has 3 nitrogen and oxygen atoms in total. The SMILES string of the molecule is O=S(=O)(Nc1ccc(Cl)cc1F)c1ccc(Cl)cc1. The maximum absolute atomic E-state index is 13.5. The summed E-state index contributed by atoms with van der Waals surface area (Å²) in [4.78, 5) is -0.00810. The van der Waals surface area contributed by atoms with Crippen molar-refractivity contribution in [3.63, 3.8) is 0 Å². The Balaban J connectivity index is 2.33. The highest BCUT2D eigenvalue weighted by Crippen LogP contribution is 2.22. The third-order valence-corrected chi connectivity index (χ3v) is 4.17. The van der Waals surface area contributed by atoms with Gasteiger partial charge in [0.05, 0.1) is 10.6 Å². The molecule has 2 aromatic carbocycles. The molecule has 0 unspecified atom stereocenters. The van der Waals surface area contributed by atoms with Crippen LogP contribution in [-0.4, -0.2) is 8.42 Å². The van der Waals surface area contributed by atoms with Crippen LogP contribution in [0.4, 0.5) is 10.1 Å².